The number of ether oxygens (including phenoxy) is 2. The fourth-order valence-corrected chi connectivity index (χ4v) is 3.28. The van der Waals surface area contributed by atoms with E-state index in [2.05, 4.69) is 10.2 Å². The third-order valence-electron chi connectivity index (χ3n) is 4.70. The van der Waals surface area contributed by atoms with Gasteiger partial charge in [-0.3, -0.25) is 4.79 Å². The molecule has 0 aromatic heterocycles. The van der Waals surface area contributed by atoms with Crippen molar-refractivity contribution in [2.45, 2.75) is 12.5 Å². The Kier molecular flexibility index (Phi) is 4.58. The molecule has 6 heteroatoms. The first-order valence-electron chi connectivity index (χ1n) is 8.73. The van der Waals surface area contributed by atoms with Gasteiger partial charge in [0.15, 0.2) is 6.10 Å². The van der Waals surface area contributed by atoms with Crippen LogP contribution < -0.4 is 10.2 Å². The van der Waals surface area contributed by atoms with Crippen LogP contribution in [0.1, 0.15) is 15.9 Å². The Morgan fingerprint density at radius 3 is 2.54 bits per heavy atom. The Balaban J connectivity index is 1.41. The van der Waals surface area contributed by atoms with E-state index in [1.807, 2.05) is 36.4 Å². The second-order valence-electron chi connectivity index (χ2n) is 6.39. The van der Waals surface area contributed by atoms with Crippen LogP contribution in [0, 0.1) is 0 Å². The number of amides is 1. The number of anilines is 2. The van der Waals surface area contributed by atoms with E-state index in [1.54, 1.807) is 12.1 Å². The lowest BCUT2D eigenvalue weighted by molar-refractivity contribution is -0.125. The topological polar surface area (TPSA) is 67.9 Å². The Labute approximate surface area is 151 Å². The number of nitrogens with one attached hydrogen (secondary N) is 1. The number of hydrogen-bond donors (Lipinski definition) is 1. The number of carbonyl (C=O) groups is 2. The predicted molar refractivity (Wildman–Crippen MR) is 97.5 cm³/mol. The molecule has 2 aliphatic rings. The first kappa shape index (κ1) is 16.6. The molecule has 2 aromatic carbocycles. The molecule has 1 fully saturated rings. The maximum atomic E-state index is 12.5. The summed E-state index contributed by atoms with van der Waals surface area (Å²) in [5.74, 6) is -0.762. The minimum absolute atomic E-state index is 0.313. The van der Waals surface area contributed by atoms with E-state index in [1.165, 1.54) is 0 Å². The zero-order valence-electron chi connectivity index (χ0n) is 14.3. The number of cyclic esters (lactones) is 1. The van der Waals surface area contributed by atoms with Crippen LogP contribution in [-0.2, 0) is 20.7 Å². The maximum absolute atomic E-state index is 12.5. The summed E-state index contributed by atoms with van der Waals surface area (Å²) < 4.78 is 10.7. The summed E-state index contributed by atoms with van der Waals surface area (Å²) in [6.45, 7) is 3.19. The van der Waals surface area contributed by atoms with Crippen LogP contribution in [0.5, 0.6) is 0 Å². The summed E-state index contributed by atoms with van der Waals surface area (Å²) in [6, 6.07) is 14.9. The summed E-state index contributed by atoms with van der Waals surface area (Å²) >= 11 is 0. The van der Waals surface area contributed by atoms with Gasteiger partial charge in [0.05, 0.1) is 18.8 Å². The molecule has 26 heavy (non-hydrogen) atoms. The largest absolute Gasteiger partial charge is 0.448 e. The molecule has 0 spiro atoms. The molecule has 1 N–H and O–H groups in total. The van der Waals surface area contributed by atoms with Crippen LogP contribution in [0.2, 0.25) is 0 Å². The molecule has 4 rings (SSSR count). The Bertz CT molecular complexity index is 813. The standard InChI is InChI=1S/C20H20N2O4/c23-19(18-13-14-3-1-2-4-17(14)20(24)26-18)21-15-5-7-16(8-6-15)22-9-11-25-12-10-22/h1-8,18H,9-13H2,(H,21,23)/t18-/m0/s1. The van der Waals surface area contributed by atoms with Crippen LogP contribution in [0.25, 0.3) is 0 Å². The number of rotatable bonds is 3. The van der Waals surface area contributed by atoms with Gasteiger partial charge in [-0.05, 0) is 35.9 Å². The van der Waals surface area contributed by atoms with Crippen molar-refractivity contribution in [1.29, 1.82) is 0 Å². The molecule has 6 nitrogen and oxygen atoms in total. The van der Waals surface area contributed by atoms with Crippen LogP contribution >= 0.6 is 0 Å². The van der Waals surface area contributed by atoms with E-state index in [9.17, 15) is 9.59 Å². The molecule has 1 atom stereocenters. The van der Waals surface area contributed by atoms with E-state index in [-0.39, 0.29) is 5.91 Å². The van der Waals surface area contributed by atoms with Gasteiger partial charge in [0.1, 0.15) is 0 Å². The van der Waals surface area contributed by atoms with Gasteiger partial charge in [-0.25, -0.2) is 4.79 Å². The molecule has 1 saturated heterocycles. The van der Waals surface area contributed by atoms with E-state index in [4.69, 9.17) is 9.47 Å². The average Bonchev–Trinajstić information content (AvgIpc) is 2.69. The van der Waals surface area contributed by atoms with E-state index in [0.29, 0.717) is 17.7 Å². The molecule has 1 amide bonds. The van der Waals surface area contributed by atoms with Crippen molar-refractivity contribution in [2.24, 2.45) is 0 Å². The maximum Gasteiger partial charge on any atom is 0.339 e. The second kappa shape index (κ2) is 7.17. The van der Waals surface area contributed by atoms with Crippen molar-refractivity contribution in [3.63, 3.8) is 0 Å². The molecule has 0 radical (unpaired) electrons. The minimum atomic E-state index is -0.809. The van der Waals surface area contributed by atoms with Gasteiger partial charge in [0.25, 0.3) is 5.91 Å². The number of morpholine rings is 1. The van der Waals surface area contributed by atoms with Gasteiger partial charge in [0.2, 0.25) is 0 Å². The summed E-state index contributed by atoms with van der Waals surface area (Å²) in [5.41, 5.74) is 3.16. The van der Waals surface area contributed by atoms with Crippen LogP contribution in [0.15, 0.2) is 48.5 Å². The van der Waals surface area contributed by atoms with Crippen LogP contribution in [-0.4, -0.2) is 44.3 Å². The molecule has 2 aliphatic heterocycles. The summed E-state index contributed by atoms with van der Waals surface area (Å²) in [4.78, 5) is 26.8. The molecule has 0 bridgehead atoms. The highest BCUT2D eigenvalue weighted by Gasteiger charge is 2.31. The fourth-order valence-electron chi connectivity index (χ4n) is 3.28. The molecule has 2 aromatic rings. The van der Waals surface area contributed by atoms with Crippen LogP contribution in [0.4, 0.5) is 11.4 Å². The summed E-state index contributed by atoms with van der Waals surface area (Å²) in [6.07, 6.45) is -0.420. The fraction of sp³-hybridized carbons (Fsp3) is 0.300. The lowest BCUT2D eigenvalue weighted by Crippen LogP contribution is -2.38. The van der Waals surface area contributed by atoms with Crippen molar-refractivity contribution < 1.29 is 19.1 Å². The van der Waals surface area contributed by atoms with E-state index in [0.717, 1.165) is 37.6 Å². The van der Waals surface area contributed by atoms with Crippen molar-refractivity contribution in [1.82, 2.24) is 0 Å². The lowest BCUT2D eigenvalue weighted by atomic mass is 9.98. The normalized spacial score (nSPS) is 19.5. The van der Waals surface area contributed by atoms with E-state index >= 15 is 0 Å². The van der Waals surface area contributed by atoms with Crippen LogP contribution in [0.3, 0.4) is 0 Å². The molecule has 0 unspecified atom stereocenters. The number of benzene rings is 2. The van der Waals surface area contributed by atoms with Crippen molar-refractivity contribution in [3.8, 4) is 0 Å². The highest BCUT2D eigenvalue weighted by atomic mass is 16.5. The van der Waals surface area contributed by atoms with Gasteiger partial charge >= 0.3 is 5.97 Å². The Morgan fingerprint density at radius 1 is 1.04 bits per heavy atom. The number of carbonyl (C=O) groups excluding carboxylic acids is 2. The van der Waals surface area contributed by atoms with Gasteiger partial charge in [-0.1, -0.05) is 18.2 Å². The molecular formula is C20H20N2O4. The smallest absolute Gasteiger partial charge is 0.339 e. The number of hydrogen-bond acceptors (Lipinski definition) is 5. The molecule has 2 heterocycles. The Morgan fingerprint density at radius 2 is 1.77 bits per heavy atom. The van der Waals surface area contributed by atoms with Crippen molar-refractivity contribution in [2.75, 3.05) is 36.5 Å². The molecule has 0 aliphatic carbocycles. The Hall–Kier alpha value is -2.86. The average molecular weight is 352 g/mol. The predicted octanol–water partition coefficient (Wildman–Crippen LogP) is 2.24. The second-order valence-corrected chi connectivity index (χ2v) is 6.39. The highest BCUT2D eigenvalue weighted by Crippen LogP contribution is 2.23. The molecular weight excluding hydrogens is 332 g/mol. The first-order valence-corrected chi connectivity index (χ1v) is 8.73. The van der Waals surface area contributed by atoms with Crippen molar-refractivity contribution >= 4 is 23.3 Å². The first-order chi connectivity index (χ1) is 12.7. The summed E-state index contributed by atoms with van der Waals surface area (Å²) in [5, 5.41) is 2.83. The number of fused-ring (bicyclic) bond motifs is 1. The molecule has 134 valence electrons. The highest BCUT2D eigenvalue weighted by molar-refractivity contribution is 6.00. The zero-order chi connectivity index (χ0) is 17.9. The van der Waals surface area contributed by atoms with Gasteiger partial charge < -0.3 is 19.7 Å². The van der Waals surface area contributed by atoms with E-state index < -0.39 is 12.1 Å². The lowest BCUT2D eigenvalue weighted by Gasteiger charge is -2.29. The third-order valence-corrected chi connectivity index (χ3v) is 4.70. The van der Waals surface area contributed by atoms with Crippen molar-refractivity contribution in [3.05, 3.63) is 59.7 Å². The van der Waals surface area contributed by atoms with Gasteiger partial charge in [-0.15, -0.1) is 0 Å². The number of nitrogens with zero attached hydrogens (tertiary/aromatic N) is 1. The number of esters is 1. The SMILES string of the molecule is O=C1O[C@H](C(=O)Nc2ccc(N3CCOCC3)cc2)Cc2ccccc21. The molecule has 0 saturated carbocycles. The quantitative estimate of drug-likeness (QED) is 0.858. The van der Waals surface area contributed by atoms with Gasteiger partial charge in [0, 0.05) is 30.9 Å². The minimum Gasteiger partial charge on any atom is -0.448 e. The zero-order valence-corrected chi connectivity index (χ0v) is 14.3. The third kappa shape index (κ3) is 3.41. The monoisotopic (exact) mass is 352 g/mol. The summed E-state index contributed by atoms with van der Waals surface area (Å²) in [7, 11) is 0. The van der Waals surface area contributed by atoms with Gasteiger partial charge in [-0.2, -0.15) is 0 Å².